The molecule has 0 spiro atoms. The molecule has 0 fully saturated rings. The second-order valence-corrected chi connectivity index (χ2v) is 6.54. The number of hydrogen-bond donors (Lipinski definition) is 2. The minimum Gasteiger partial charge on any atom is -0.410 e. The van der Waals surface area contributed by atoms with Crippen LogP contribution in [0.25, 0.3) is 0 Å². The van der Waals surface area contributed by atoms with E-state index in [0.717, 1.165) is 0 Å². The molecule has 0 aromatic carbocycles. The SMILES string of the molecule is CC(C)CNC(=O)[C@H](C)Sc1nnc(C[NH+](C)C)o1. The third kappa shape index (κ3) is 6.07. The Bertz CT molecular complexity index is 406. The number of rotatable bonds is 7. The number of hydrogen-bond acceptors (Lipinski definition) is 5. The van der Waals surface area contributed by atoms with Gasteiger partial charge >= 0.3 is 0 Å². The van der Waals surface area contributed by atoms with E-state index >= 15 is 0 Å². The van der Waals surface area contributed by atoms with Crippen molar-refractivity contribution in [2.45, 2.75) is 37.8 Å². The molecule has 2 N–H and O–H groups in total. The van der Waals surface area contributed by atoms with E-state index in [0.29, 0.717) is 30.1 Å². The molecule has 0 aliphatic heterocycles. The monoisotopic (exact) mass is 287 g/mol. The standard InChI is InChI=1S/C12H22N4O2S/c1-8(2)6-13-11(17)9(3)19-12-15-14-10(18-12)7-16(4)5/h8-9H,6-7H2,1-5H3,(H,13,17)/p+1/t9-/m0/s1. The fourth-order valence-electron chi connectivity index (χ4n) is 1.31. The summed E-state index contributed by atoms with van der Waals surface area (Å²) < 4.78 is 5.48. The topological polar surface area (TPSA) is 72.5 Å². The van der Waals surface area contributed by atoms with Crippen LogP contribution in [0.2, 0.25) is 0 Å². The smallest absolute Gasteiger partial charge is 0.277 e. The van der Waals surface area contributed by atoms with Crippen molar-refractivity contribution in [2.75, 3.05) is 20.6 Å². The van der Waals surface area contributed by atoms with Gasteiger partial charge < -0.3 is 14.6 Å². The highest BCUT2D eigenvalue weighted by atomic mass is 32.2. The molecule has 0 aliphatic rings. The summed E-state index contributed by atoms with van der Waals surface area (Å²) >= 11 is 1.29. The van der Waals surface area contributed by atoms with Crippen molar-refractivity contribution < 1.29 is 14.1 Å². The molecule has 0 aliphatic carbocycles. The first-order valence-electron chi connectivity index (χ1n) is 6.44. The van der Waals surface area contributed by atoms with Crippen molar-refractivity contribution in [3.05, 3.63) is 5.89 Å². The lowest BCUT2D eigenvalue weighted by Gasteiger charge is -2.11. The average molecular weight is 287 g/mol. The zero-order chi connectivity index (χ0) is 14.4. The van der Waals surface area contributed by atoms with Crippen LogP contribution in [0.5, 0.6) is 0 Å². The molecule has 1 atom stereocenters. The zero-order valence-corrected chi connectivity index (χ0v) is 13.0. The Kier molecular flexibility index (Phi) is 6.30. The number of carbonyl (C=O) groups is 1. The van der Waals surface area contributed by atoms with Gasteiger partial charge in [0.25, 0.3) is 11.1 Å². The summed E-state index contributed by atoms with van der Waals surface area (Å²) in [6.07, 6.45) is 0. The van der Waals surface area contributed by atoms with Gasteiger partial charge in [-0.2, -0.15) is 0 Å². The fraction of sp³-hybridized carbons (Fsp3) is 0.750. The molecule has 6 nitrogen and oxygen atoms in total. The fourth-order valence-corrected chi connectivity index (χ4v) is 2.04. The predicted octanol–water partition coefficient (Wildman–Crippen LogP) is -0.0331. The Morgan fingerprint density at radius 2 is 2.05 bits per heavy atom. The third-order valence-corrected chi connectivity index (χ3v) is 3.22. The second kappa shape index (κ2) is 7.49. The van der Waals surface area contributed by atoms with Crippen molar-refractivity contribution >= 4 is 17.7 Å². The molecule has 1 amide bonds. The zero-order valence-electron chi connectivity index (χ0n) is 12.2. The normalized spacial score (nSPS) is 13.0. The third-order valence-electron chi connectivity index (χ3n) is 2.28. The number of nitrogens with one attached hydrogen (secondary N) is 2. The summed E-state index contributed by atoms with van der Waals surface area (Å²) in [5, 5.41) is 11.0. The molecular weight excluding hydrogens is 264 g/mol. The molecular formula is C12H23N4O2S+. The number of amides is 1. The molecule has 19 heavy (non-hydrogen) atoms. The minimum absolute atomic E-state index is 0.00307. The largest absolute Gasteiger partial charge is 0.410 e. The first kappa shape index (κ1) is 16.0. The maximum atomic E-state index is 11.8. The van der Waals surface area contributed by atoms with Gasteiger partial charge in [0, 0.05) is 6.54 Å². The van der Waals surface area contributed by atoms with Crippen LogP contribution < -0.4 is 10.2 Å². The number of carbonyl (C=O) groups excluding carboxylic acids is 1. The molecule has 1 heterocycles. The van der Waals surface area contributed by atoms with Crippen LogP contribution in [0.15, 0.2) is 9.64 Å². The number of thioether (sulfide) groups is 1. The Balaban J connectivity index is 2.45. The summed E-state index contributed by atoms with van der Waals surface area (Å²) in [6.45, 7) is 7.32. The number of nitrogens with zero attached hydrogens (tertiary/aromatic N) is 2. The molecule has 0 saturated heterocycles. The lowest BCUT2D eigenvalue weighted by molar-refractivity contribution is -0.874. The van der Waals surface area contributed by atoms with Crippen molar-refractivity contribution in [1.82, 2.24) is 15.5 Å². The number of aromatic nitrogens is 2. The van der Waals surface area contributed by atoms with E-state index in [1.807, 2.05) is 21.0 Å². The van der Waals surface area contributed by atoms with Crippen LogP contribution in [-0.4, -0.2) is 42.0 Å². The average Bonchev–Trinajstić information content (AvgIpc) is 2.72. The van der Waals surface area contributed by atoms with Gasteiger partial charge in [0.15, 0.2) is 6.54 Å². The summed E-state index contributed by atoms with van der Waals surface area (Å²) in [5.41, 5.74) is 0. The van der Waals surface area contributed by atoms with E-state index in [4.69, 9.17) is 4.42 Å². The molecule has 0 saturated carbocycles. The van der Waals surface area contributed by atoms with Gasteiger partial charge in [0.05, 0.1) is 19.3 Å². The van der Waals surface area contributed by atoms with E-state index in [-0.39, 0.29) is 11.2 Å². The van der Waals surface area contributed by atoms with E-state index in [1.54, 1.807) is 0 Å². The van der Waals surface area contributed by atoms with Crippen molar-refractivity contribution in [3.63, 3.8) is 0 Å². The predicted molar refractivity (Wildman–Crippen MR) is 74.0 cm³/mol. The van der Waals surface area contributed by atoms with Gasteiger partial charge in [0.2, 0.25) is 5.91 Å². The van der Waals surface area contributed by atoms with Gasteiger partial charge in [-0.15, -0.1) is 10.2 Å². The van der Waals surface area contributed by atoms with Crippen LogP contribution in [0.1, 0.15) is 26.7 Å². The lowest BCUT2D eigenvalue weighted by Crippen LogP contribution is -3.04. The van der Waals surface area contributed by atoms with Gasteiger partial charge in [0.1, 0.15) is 0 Å². The van der Waals surface area contributed by atoms with Crippen LogP contribution in [0.3, 0.4) is 0 Å². The molecule has 0 bridgehead atoms. The summed E-state index contributed by atoms with van der Waals surface area (Å²) in [5.74, 6) is 1.04. The minimum atomic E-state index is -0.237. The first-order chi connectivity index (χ1) is 8.88. The molecule has 1 rings (SSSR count). The highest BCUT2D eigenvalue weighted by Gasteiger charge is 2.18. The van der Waals surface area contributed by atoms with Gasteiger partial charge in [-0.1, -0.05) is 25.6 Å². The van der Waals surface area contributed by atoms with Crippen molar-refractivity contribution in [1.29, 1.82) is 0 Å². The summed E-state index contributed by atoms with van der Waals surface area (Å²) in [4.78, 5) is 13.0. The molecule has 0 radical (unpaired) electrons. The summed E-state index contributed by atoms with van der Waals surface area (Å²) in [7, 11) is 4.03. The Morgan fingerprint density at radius 1 is 1.37 bits per heavy atom. The van der Waals surface area contributed by atoms with E-state index in [1.165, 1.54) is 16.7 Å². The summed E-state index contributed by atoms with van der Waals surface area (Å²) in [6, 6.07) is 0. The van der Waals surface area contributed by atoms with Crippen molar-refractivity contribution in [2.24, 2.45) is 5.92 Å². The Labute approximate surface area is 118 Å². The van der Waals surface area contributed by atoms with E-state index < -0.39 is 0 Å². The van der Waals surface area contributed by atoms with Crippen LogP contribution in [0.4, 0.5) is 0 Å². The van der Waals surface area contributed by atoms with Crippen LogP contribution in [-0.2, 0) is 11.3 Å². The van der Waals surface area contributed by atoms with E-state index in [2.05, 4.69) is 29.4 Å². The van der Waals surface area contributed by atoms with Crippen LogP contribution in [0, 0.1) is 5.92 Å². The Morgan fingerprint density at radius 3 is 2.63 bits per heavy atom. The molecule has 108 valence electrons. The maximum Gasteiger partial charge on any atom is 0.277 e. The number of quaternary nitrogens is 1. The van der Waals surface area contributed by atoms with Gasteiger partial charge in [-0.05, 0) is 12.8 Å². The Hall–Kier alpha value is -1.08. The van der Waals surface area contributed by atoms with E-state index in [9.17, 15) is 4.79 Å². The molecule has 1 aromatic rings. The highest BCUT2D eigenvalue weighted by Crippen LogP contribution is 2.21. The highest BCUT2D eigenvalue weighted by molar-refractivity contribution is 8.00. The maximum absolute atomic E-state index is 11.8. The molecule has 1 aromatic heterocycles. The molecule has 0 unspecified atom stereocenters. The molecule has 7 heteroatoms. The van der Waals surface area contributed by atoms with Crippen molar-refractivity contribution in [3.8, 4) is 0 Å². The van der Waals surface area contributed by atoms with Gasteiger partial charge in [-0.25, -0.2) is 0 Å². The van der Waals surface area contributed by atoms with Crippen LogP contribution >= 0.6 is 11.8 Å². The second-order valence-electron chi connectivity index (χ2n) is 5.24. The quantitative estimate of drug-likeness (QED) is 0.689. The van der Waals surface area contributed by atoms with Gasteiger partial charge in [-0.3, -0.25) is 4.79 Å². The first-order valence-corrected chi connectivity index (χ1v) is 7.32. The lowest BCUT2D eigenvalue weighted by atomic mass is 10.2.